The Kier molecular flexibility index (Phi) is 7.77. The fourth-order valence-corrected chi connectivity index (χ4v) is 3.33. The van der Waals surface area contributed by atoms with Crippen molar-refractivity contribution in [2.24, 2.45) is 0 Å². The number of hydrogen-bond acceptors (Lipinski definition) is 5. The fourth-order valence-electron chi connectivity index (χ4n) is 3.33. The molecule has 0 aromatic heterocycles. The van der Waals surface area contributed by atoms with E-state index >= 15 is 0 Å². The lowest BCUT2D eigenvalue weighted by atomic mass is 10.2. The molecular weight excluding hydrogens is 406 g/mol. The molecule has 0 bridgehead atoms. The maximum atomic E-state index is 12.2. The van der Waals surface area contributed by atoms with E-state index in [1.165, 1.54) is 24.3 Å². The number of rotatable bonds is 8. The second kappa shape index (κ2) is 10.7. The van der Waals surface area contributed by atoms with Gasteiger partial charge in [0.15, 0.2) is 0 Å². The van der Waals surface area contributed by atoms with Gasteiger partial charge in [-0.15, -0.1) is 0 Å². The Labute approximate surface area is 180 Å². The van der Waals surface area contributed by atoms with E-state index in [9.17, 15) is 18.4 Å². The minimum atomic E-state index is -2.93. The Hall–Kier alpha value is -3.20. The van der Waals surface area contributed by atoms with Crippen molar-refractivity contribution in [1.82, 2.24) is 10.2 Å². The maximum absolute atomic E-state index is 12.2. The van der Waals surface area contributed by atoms with E-state index in [2.05, 4.69) is 32.1 Å². The van der Waals surface area contributed by atoms with Gasteiger partial charge < -0.3 is 25.2 Å². The molecule has 0 aliphatic carbocycles. The van der Waals surface area contributed by atoms with Crippen molar-refractivity contribution >= 4 is 23.2 Å². The molecule has 0 spiro atoms. The molecule has 0 atom stereocenters. The number of hydrogen-bond donors (Lipinski definition) is 2. The van der Waals surface area contributed by atoms with Crippen molar-refractivity contribution in [3.05, 3.63) is 54.1 Å². The number of amides is 2. The monoisotopic (exact) mass is 432 g/mol. The number of anilines is 2. The summed E-state index contributed by atoms with van der Waals surface area (Å²) in [5.41, 5.74) is 1.99. The summed E-state index contributed by atoms with van der Waals surface area (Å²) < 4.78 is 28.6. The second-order valence-corrected chi connectivity index (χ2v) is 7.10. The molecule has 1 heterocycles. The largest absolute Gasteiger partial charge is 0.435 e. The number of ether oxygens (including phenoxy) is 1. The van der Waals surface area contributed by atoms with Crippen LogP contribution >= 0.6 is 0 Å². The number of benzene rings is 2. The Morgan fingerprint density at radius 3 is 2.23 bits per heavy atom. The van der Waals surface area contributed by atoms with E-state index in [0.29, 0.717) is 5.69 Å². The number of nitrogens with zero attached hydrogens (tertiary/aromatic N) is 2. The van der Waals surface area contributed by atoms with Crippen LogP contribution in [0, 0.1) is 0 Å². The average molecular weight is 432 g/mol. The molecule has 1 aliphatic rings. The first-order valence-electron chi connectivity index (χ1n) is 10.1. The van der Waals surface area contributed by atoms with Gasteiger partial charge in [-0.25, -0.2) is 0 Å². The maximum Gasteiger partial charge on any atom is 0.387 e. The van der Waals surface area contributed by atoms with E-state index in [-0.39, 0.29) is 23.8 Å². The number of carbonyl (C=O) groups is 2. The van der Waals surface area contributed by atoms with Crippen molar-refractivity contribution in [3.8, 4) is 5.75 Å². The van der Waals surface area contributed by atoms with E-state index in [1.54, 1.807) is 0 Å². The van der Waals surface area contributed by atoms with Gasteiger partial charge in [0.25, 0.3) is 5.91 Å². The van der Waals surface area contributed by atoms with Gasteiger partial charge in [0, 0.05) is 43.1 Å². The smallest absolute Gasteiger partial charge is 0.387 e. The summed E-state index contributed by atoms with van der Waals surface area (Å²) in [4.78, 5) is 29.0. The number of piperazine rings is 1. The van der Waals surface area contributed by atoms with Gasteiger partial charge in [0.05, 0.1) is 6.54 Å². The van der Waals surface area contributed by atoms with E-state index in [1.807, 2.05) is 24.3 Å². The third-order valence-electron chi connectivity index (χ3n) is 5.09. The van der Waals surface area contributed by atoms with E-state index in [4.69, 9.17) is 0 Å². The van der Waals surface area contributed by atoms with Crippen LogP contribution in [-0.4, -0.2) is 62.6 Å². The molecule has 0 unspecified atom stereocenters. The molecule has 166 valence electrons. The normalized spacial score (nSPS) is 14.4. The summed E-state index contributed by atoms with van der Waals surface area (Å²) in [5, 5.41) is 5.24. The van der Waals surface area contributed by atoms with Crippen molar-refractivity contribution in [2.45, 2.75) is 13.5 Å². The van der Waals surface area contributed by atoms with Crippen LogP contribution in [0.3, 0.4) is 0 Å². The summed E-state index contributed by atoms with van der Waals surface area (Å²) in [7, 11) is 0. The standard InChI is InChI=1S/C22H26F2N4O3/c1-2-27-11-13-28(14-12-27)18-7-5-17(6-8-18)26-20(29)15-25-21(30)16-3-9-19(10-4-16)31-22(23)24/h3-10,22H,2,11-15H2,1H3,(H,25,30)(H,26,29). The third-order valence-corrected chi connectivity index (χ3v) is 5.09. The number of alkyl halides is 2. The number of nitrogens with one attached hydrogen (secondary N) is 2. The minimum absolute atomic E-state index is 0.0417. The van der Waals surface area contributed by atoms with Crippen molar-refractivity contribution < 1.29 is 23.1 Å². The molecule has 7 nitrogen and oxygen atoms in total. The third kappa shape index (κ3) is 6.65. The van der Waals surface area contributed by atoms with Crippen LogP contribution < -0.4 is 20.3 Å². The van der Waals surface area contributed by atoms with Gasteiger partial charge in [-0.1, -0.05) is 6.92 Å². The zero-order valence-electron chi connectivity index (χ0n) is 17.3. The highest BCUT2D eigenvalue weighted by molar-refractivity contribution is 5.99. The lowest BCUT2D eigenvalue weighted by Crippen LogP contribution is -2.46. The van der Waals surface area contributed by atoms with Crippen LogP contribution in [0.2, 0.25) is 0 Å². The molecule has 3 rings (SSSR count). The molecule has 1 aliphatic heterocycles. The van der Waals surface area contributed by atoms with Gasteiger partial charge in [0.1, 0.15) is 5.75 Å². The Morgan fingerprint density at radius 2 is 1.65 bits per heavy atom. The molecule has 9 heteroatoms. The van der Waals surface area contributed by atoms with Crippen LogP contribution in [0.1, 0.15) is 17.3 Å². The molecule has 2 aromatic rings. The fraction of sp³-hybridized carbons (Fsp3) is 0.364. The number of halogens is 2. The molecular formula is C22H26F2N4O3. The molecule has 1 saturated heterocycles. The summed E-state index contributed by atoms with van der Waals surface area (Å²) in [6.45, 7) is 4.11. The summed E-state index contributed by atoms with van der Waals surface area (Å²) >= 11 is 0. The SMILES string of the molecule is CCN1CCN(c2ccc(NC(=O)CNC(=O)c3ccc(OC(F)F)cc3)cc2)CC1. The highest BCUT2D eigenvalue weighted by Crippen LogP contribution is 2.19. The van der Waals surface area contributed by atoms with Gasteiger partial charge in [0.2, 0.25) is 5.91 Å². The van der Waals surface area contributed by atoms with Crippen LogP contribution in [0.4, 0.5) is 20.2 Å². The number of carbonyl (C=O) groups excluding carboxylic acids is 2. The van der Waals surface area contributed by atoms with Crippen molar-refractivity contribution in [3.63, 3.8) is 0 Å². The molecule has 1 fully saturated rings. The highest BCUT2D eigenvalue weighted by atomic mass is 19.3. The predicted octanol–water partition coefficient (Wildman–Crippen LogP) is 2.80. The zero-order chi connectivity index (χ0) is 22.2. The molecule has 2 N–H and O–H groups in total. The molecule has 2 amide bonds. The number of likely N-dealkylation sites (N-methyl/N-ethyl adjacent to an activating group) is 1. The lowest BCUT2D eigenvalue weighted by Gasteiger charge is -2.35. The molecule has 31 heavy (non-hydrogen) atoms. The summed E-state index contributed by atoms with van der Waals surface area (Å²) in [6.07, 6.45) is 0. The predicted molar refractivity (Wildman–Crippen MR) is 115 cm³/mol. The van der Waals surface area contributed by atoms with Gasteiger partial charge in [-0.3, -0.25) is 9.59 Å². The quantitative estimate of drug-likeness (QED) is 0.671. The summed E-state index contributed by atoms with van der Waals surface area (Å²) in [6, 6.07) is 12.9. The molecule has 2 aromatic carbocycles. The van der Waals surface area contributed by atoms with Gasteiger partial charge in [-0.05, 0) is 55.1 Å². The van der Waals surface area contributed by atoms with Crippen LogP contribution in [0.15, 0.2) is 48.5 Å². The first kappa shape index (κ1) is 22.5. The first-order valence-corrected chi connectivity index (χ1v) is 10.1. The van der Waals surface area contributed by atoms with Crippen molar-refractivity contribution in [1.29, 1.82) is 0 Å². The van der Waals surface area contributed by atoms with Crippen LogP contribution in [-0.2, 0) is 4.79 Å². The van der Waals surface area contributed by atoms with Crippen LogP contribution in [0.5, 0.6) is 5.75 Å². The van der Waals surface area contributed by atoms with Gasteiger partial charge in [-0.2, -0.15) is 8.78 Å². The second-order valence-electron chi connectivity index (χ2n) is 7.10. The van der Waals surface area contributed by atoms with Gasteiger partial charge >= 0.3 is 6.61 Å². The zero-order valence-corrected chi connectivity index (χ0v) is 17.3. The highest BCUT2D eigenvalue weighted by Gasteiger charge is 2.16. The molecule has 0 radical (unpaired) electrons. The van der Waals surface area contributed by atoms with Crippen molar-refractivity contribution in [2.75, 3.05) is 49.5 Å². The summed E-state index contributed by atoms with van der Waals surface area (Å²) in [5.74, 6) is -0.893. The average Bonchev–Trinajstić information content (AvgIpc) is 2.78. The lowest BCUT2D eigenvalue weighted by molar-refractivity contribution is -0.115. The minimum Gasteiger partial charge on any atom is -0.435 e. The first-order chi connectivity index (χ1) is 14.9. The van der Waals surface area contributed by atoms with E-state index in [0.717, 1.165) is 38.4 Å². The van der Waals surface area contributed by atoms with Crippen LogP contribution in [0.25, 0.3) is 0 Å². The topological polar surface area (TPSA) is 73.9 Å². The molecule has 0 saturated carbocycles. The Morgan fingerprint density at radius 1 is 1.00 bits per heavy atom. The Balaban J connectivity index is 1.44. The Bertz CT molecular complexity index is 867. The van der Waals surface area contributed by atoms with E-state index < -0.39 is 12.5 Å².